The van der Waals surface area contributed by atoms with Crippen molar-refractivity contribution in [1.29, 1.82) is 5.26 Å². The van der Waals surface area contributed by atoms with Crippen molar-refractivity contribution in [3.8, 4) is 6.07 Å². The van der Waals surface area contributed by atoms with Gasteiger partial charge >= 0.3 is 0 Å². The van der Waals surface area contributed by atoms with Crippen molar-refractivity contribution < 1.29 is 38.0 Å². The lowest BCUT2D eigenvalue weighted by molar-refractivity contribution is -0.188. The van der Waals surface area contributed by atoms with Gasteiger partial charge in [0.15, 0.2) is 11.2 Å². The SMILES string of the molecule is N#C/C(=C\c1ccc(N2CCOCC2)cc1)S(=O)(=O)N[C@H]1C(C=O)O[C@H](CO)[C@@H](O)[C@@H]1O. The number of nitrogens with zero attached hydrogens (tertiary/aromatic N) is 2. The van der Waals surface area contributed by atoms with E-state index in [2.05, 4.69) is 9.62 Å². The maximum Gasteiger partial charge on any atom is 0.251 e. The van der Waals surface area contributed by atoms with Crippen LogP contribution in [0.25, 0.3) is 6.08 Å². The number of carbonyl (C=O) groups excluding carboxylic acids is 1. The number of allylic oxidation sites excluding steroid dienone is 1. The fourth-order valence-corrected chi connectivity index (χ4v) is 4.74. The van der Waals surface area contributed by atoms with Crippen LogP contribution in [0.15, 0.2) is 29.2 Å². The van der Waals surface area contributed by atoms with Gasteiger partial charge in [-0.25, -0.2) is 13.1 Å². The van der Waals surface area contributed by atoms with Crippen LogP contribution in [0.3, 0.4) is 0 Å². The van der Waals surface area contributed by atoms with E-state index in [4.69, 9.17) is 9.47 Å². The molecule has 5 atom stereocenters. The van der Waals surface area contributed by atoms with Crippen LogP contribution >= 0.6 is 0 Å². The predicted octanol–water partition coefficient (Wildman–Crippen LogP) is -1.64. The number of ether oxygens (including phenoxy) is 2. The standard InChI is InChI=1S/C20H25N3O8S/c21-10-15(9-13-1-3-14(4-2-13)23-5-7-30-8-6-23)32(28,29)22-18-16(11-24)31-17(12-25)19(26)20(18)27/h1-4,9,11,16-20,22,25-27H,5-8,12H2/b15-9+/t16?,17-,18+,19-,20-/m1/s1. The molecular formula is C20H25N3O8S. The van der Waals surface area contributed by atoms with Crippen LogP contribution in [0.1, 0.15) is 5.56 Å². The number of aliphatic hydroxyl groups excluding tert-OH is 3. The molecule has 0 saturated carbocycles. The summed E-state index contributed by atoms with van der Waals surface area (Å²) in [6.07, 6.45) is -4.68. The third-order valence-electron chi connectivity index (χ3n) is 5.36. The van der Waals surface area contributed by atoms with E-state index < -0.39 is 52.0 Å². The zero-order valence-corrected chi connectivity index (χ0v) is 17.9. The van der Waals surface area contributed by atoms with E-state index in [9.17, 15) is 33.8 Å². The zero-order chi connectivity index (χ0) is 23.3. The second kappa shape index (κ2) is 10.5. The van der Waals surface area contributed by atoms with E-state index in [-0.39, 0.29) is 6.29 Å². The fraction of sp³-hybridized carbons (Fsp3) is 0.500. The van der Waals surface area contributed by atoms with Crippen molar-refractivity contribution in [3.05, 3.63) is 34.7 Å². The van der Waals surface area contributed by atoms with E-state index in [0.29, 0.717) is 18.8 Å². The monoisotopic (exact) mass is 467 g/mol. The molecule has 2 heterocycles. The quantitative estimate of drug-likeness (QED) is 0.269. The highest BCUT2D eigenvalue weighted by molar-refractivity contribution is 7.93. The first-order valence-corrected chi connectivity index (χ1v) is 11.4. The van der Waals surface area contributed by atoms with E-state index in [1.54, 1.807) is 30.3 Å². The molecule has 1 aromatic carbocycles. The number of anilines is 1. The van der Waals surface area contributed by atoms with Gasteiger partial charge in [0.2, 0.25) is 0 Å². The van der Waals surface area contributed by atoms with Gasteiger partial charge in [-0.2, -0.15) is 5.26 Å². The van der Waals surface area contributed by atoms with Gasteiger partial charge in [0.1, 0.15) is 30.5 Å². The number of sulfonamides is 1. The van der Waals surface area contributed by atoms with E-state index in [1.165, 1.54) is 0 Å². The lowest BCUT2D eigenvalue weighted by Crippen LogP contribution is -2.64. The minimum Gasteiger partial charge on any atom is -0.394 e. The van der Waals surface area contributed by atoms with Crippen LogP contribution in [0.2, 0.25) is 0 Å². The summed E-state index contributed by atoms with van der Waals surface area (Å²) in [6, 6.07) is 7.00. The maximum atomic E-state index is 12.8. The number of hydrogen-bond acceptors (Lipinski definition) is 10. The molecule has 2 saturated heterocycles. The number of hydrogen-bond donors (Lipinski definition) is 4. The van der Waals surface area contributed by atoms with Gasteiger partial charge in [-0.3, -0.25) is 0 Å². The first kappa shape index (κ1) is 24.3. The molecule has 0 aromatic heterocycles. The van der Waals surface area contributed by atoms with E-state index in [1.807, 2.05) is 0 Å². The summed E-state index contributed by atoms with van der Waals surface area (Å²) in [5.74, 6) is 0. The largest absolute Gasteiger partial charge is 0.394 e. The Labute approximate surface area is 185 Å². The lowest BCUT2D eigenvalue weighted by atomic mass is 9.94. The minimum absolute atomic E-state index is 0.255. The summed E-state index contributed by atoms with van der Waals surface area (Å²) < 4.78 is 38.1. The van der Waals surface area contributed by atoms with Crippen LogP contribution < -0.4 is 9.62 Å². The smallest absolute Gasteiger partial charge is 0.251 e. The Morgan fingerprint density at radius 2 is 1.88 bits per heavy atom. The van der Waals surface area contributed by atoms with Gasteiger partial charge in [0.25, 0.3) is 10.0 Å². The Kier molecular flexibility index (Phi) is 7.96. The molecule has 0 radical (unpaired) electrons. The molecular weight excluding hydrogens is 442 g/mol. The summed E-state index contributed by atoms with van der Waals surface area (Å²) in [5, 5.41) is 38.9. The van der Waals surface area contributed by atoms with Crippen LogP contribution in [0, 0.1) is 11.3 Å². The average Bonchev–Trinajstić information content (AvgIpc) is 2.81. The van der Waals surface area contributed by atoms with Crippen molar-refractivity contribution in [1.82, 2.24) is 4.72 Å². The van der Waals surface area contributed by atoms with E-state index >= 15 is 0 Å². The topological polar surface area (TPSA) is 169 Å². The summed E-state index contributed by atoms with van der Waals surface area (Å²) in [7, 11) is -4.47. The Morgan fingerprint density at radius 1 is 1.22 bits per heavy atom. The molecule has 11 nitrogen and oxygen atoms in total. The second-order valence-electron chi connectivity index (χ2n) is 7.40. The summed E-state index contributed by atoms with van der Waals surface area (Å²) in [4.78, 5) is 12.8. The molecule has 0 spiro atoms. The first-order valence-electron chi connectivity index (χ1n) is 9.95. The molecule has 2 aliphatic heterocycles. The van der Waals surface area contributed by atoms with Gasteiger partial charge < -0.3 is 34.5 Å². The molecule has 0 bridgehead atoms. The molecule has 2 fully saturated rings. The number of morpholine rings is 1. The van der Waals surface area contributed by atoms with Gasteiger partial charge in [0.05, 0.1) is 25.9 Å². The lowest BCUT2D eigenvalue weighted by Gasteiger charge is -2.40. The average molecular weight is 468 g/mol. The maximum absolute atomic E-state index is 12.8. The van der Waals surface area contributed by atoms with Gasteiger partial charge in [-0.1, -0.05) is 12.1 Å². The van der Waals surface area contributed by atoms with Crippen LogP contribution in [-0.2, 0) is 24.3 Å². The van der Waals surface area contributed by atoms with Crippen LogP contribution in [0.4, 0.5) is 5.69 Å². The first-order chi connectivity index (χ1) is 15.3. The summed E-state index contributed by atoms with van der Waals surface area (Å²) >= 11 is 0. The Bertz CT molecular complexity index is 970. The highest BCUT2D eigenvalue weighted by Gasteiger charge is 2.46. The number of nitrogens with one attached hydrogen (secondary N) is 1. The summed E-state index contributed by atoms with van der Waals surface area (Å²) in [5.41, 5.74) is 1.39. The Hall–Kier alpha value is -2.37. The van der Waals surface area contributed by atoms with Crippen molar-refractivity contribution in [2.75, 3.05) is 37.8 Å². The molecule has 0 aliphatic carbocycles. The Balaban J connectivity index is 1.79. The molecule has 32 heavy (non-hydrogen) atoms. The molecule has 12 heteroatoms. The molecule has 174 valence electrons. The second-order valence-corrected chi connectivity index (χ2v) is 9.08. The Morgan fingerprint density at radius 3 is 2.44 bits per heavy atom. The highest BCUT2D eigenvalue weighted by Crippen LogP contribution is 2.23. The number of benzene rings is 1. The fourth-order valence-electron chi connectivity index (χ4n) is 3.57. The summed E-state index contributed by atoms with van der Waals surface area (Å²) in [6.45, 7) is 2.05. The molecule has 1 unspecified atom stereocenters. The van der Waals surface area contributed by atoms with Gasteiger partial charge in [-0.15, -0.1) is 0 Å². The van der Waals surface area contributed by atoms with Crippen molar-refractivity contribution in [2.24, 2.45) is 0 Å². The molecule has 3 rings (SSSR count). The number of aliphatic hydroxyl groups is 3. The minimum atomic E-state index is -4.47. The molecule has 4 N–H and O–H groups in total. The predicted molar refractivity (Wildman–Crippen MR) is 113 cm³/mol. The van der Waals surface area contributed by atoms with E-state index in [0.717, 1.165) is 24.9 Å². The normalized spacial score (nSPS) is 29.4. The van der Waals surface area contributed by atoms with Crippen LogP contribution in [-0.4, -0.2) is 93.4 Å². The third-order valence-corrected chi connectivity index (χ3v) is 6.73. The van der Waals surface area contributed by atoms with Gasteiger partial charge in [0, 0.05) is 18.8 Å². The molecule has 0 amide bonds. The number of carbonyl (C=O) groups is 1. The van der Waals surface area contributed by atoms with Crippen molar-refractivity contribution in [2.45, 2.75) is 30.5 Å². The third kappa shape index (κ3) is 5.33. The van der Waals surface area contributed by atoms with Crippen molar-refractivity contribution >= 4 is 28.1 Å². The molecule has 2 aliphatic rings. The zero-order valence-electron chi connectivity index (χ0n) is 17.1. The highest BCUT2D eigenvalue weighted by atomic mass is 32.2. The van der Waals surface area contributed by atoms with Crippen molar-refractivity contribution in [3.63, 3.8) is 0 Å². The molecule has 1 aromatic rings. The number of nitriles is 1. The van der Waals surface area contributed by atoms with Crippen LogP contribution in [0.5, 0.6) is 0 Å². The number of aldehydes is 1. The number of rotatable bonds is 7. The van der Waals surface area contributed by atoms with Gasteiger partial charge in [-0.05, 0) is 23.8 Å².